The zero-order valence-corrected chi connectivity index (χ0v) is 17.2. The third-order valence-corrected chi connectivity index (χ3v) is 5.71. The molecule has 2 saturated carbocycles. The highest BCUT2D eigenvalue weighted by molar-refractivity contribution is 5.79. The van der Waals surface area contributed by atoms with Gasteiger partial charge in [-0.25, -0.2) is 10.2 Å². The predicted molar refractivity (Wildman–Crippen MR) is 99.5 cm³/mol. The zero-order valence-electron chi connectivity index (χ0n) is 17.2. The molecule has 3 fully saturated rings. The van der Waals surface area contributed by atoms with Crippen molar-refractivity contribution < 1.29 is 23.8 Å². The maximum absolute atomic E-state index is 12.1. The molecule has 3 aliphatic rings. The van der Waals surface area contributed by atoms with Gasteiger partial charge in [0.25, 0.3) is 0 Å². The van der Waals surface area contributed by atoms with Crippen LogP contribution in [0.2, 0.25) is 0 Å². The van der Waals surface area contributed by atoms with Gasteiger partial charge in [-0.15, -0.1) is 0 Å². The van der Waals surface area contributed by atoms with Gasteiger partial charge in [0.1, 0.15) is 5.60 Å². The second-order valence-electron chi connectivity index (χ2n) is 10.3. The number of hydrogen-bond donors (Lipinski definition) is 2. The number of carbonyl (C=O) groups excluding carboxylic acids is 2. The lowest BCUT2D eigenvalue weighted by Gasteiger charge is -2.42. The molecule has 3 rings (SSSR count). The normalized spacial score (nSPS) is 31.4. The van der Waals surface area contributed by atoms with Crippen molar-refractivity contribution in [2.75, 3.05) is 13.2 Å². The molecule has 0 radical (unpaired) electrons. The Hall–Kier alpha value is -1.34. The van der Waals surface area contributed by atoms with Crippen molar-refractivity contribution in [3.63, 3.8) is 0 Å². The van der Waals surface area contributed by atoms with Crippen molar-refractivity contribution in [3.8, 4) is 0 Å². The van der Waals surface area contributed by atoms with Crippen LogP contribution in [-0.4, -0.2) is 36.6 Å². The third-order valence-electron chi connectivity index (χ3n) is 5.71. The van der Waals surface area contributed by atoms with Gasteiger partial charge >= 0.3 is 6.09 Å². The summed E-state index contributed by atoms with van der Waals surface area (Å²) >= 11 is 0. The molecule has 0 bridgehead atoms. The molecule has 27 heavy (non-hydrogen) atoms. The van der Waals surface area contributed by atoms with E-state index in [1.54, 1.807) is 20.8 Å². The van der Waals surface area contributed by atoms with Gasteiger partial charge in [-0.05, 0) is 51.4 Å². The van der Waals surface area contributed by atoms with Crippen LogP contribution in [-0.2, 0) is 19.0 Å². The molecule has 2 amide bonds. The molecule has 1 spiro atoms. The number of hydrogen-bond acceptors (Lipinski definition) is 5. The van der Waals surface area contributed by atoms with E-state index in [1.165, 1.54) is 0 Å². The lowest BCUT2D eigenvalue weighted by Crippen LogP contribution is -2.46. The van der Waals surface area contributed by atoms with Crippen LogP contribution in [0.4, 0.5) is 4.79 Å². The summed E-state index contributed by atoms with van der Waals surface area (Å²) in [4.78, 5) is 23.7. The number of fused-ring (bicyclic) bond motifs is 1. The molecule has 0 aromatic carbocycles. The maximum Gasteiger partial charge on any atom is 0.426 e. The van der Waals surface area contributed by atoms with Gasteiger partial charge in [0.15, 0.2) is 5.79 Å². The molecule has 2 atom stereocenters. The van der Waals surface area contributed by atoms with E-state index in [0.717, 1.165) is 38.9 Å². The molecule has 7 heteroatoms. The van der Waals surface area contributed by atoms with E-state index < -0.39 is 17.5 Å². The Kier molecular flexibility index (Phi) is 5.47. The highest BCUT2D eigenvalue weighted by Gasteiger charge is 2.53. The molecule has 2 N–H and O–H groups in total. The molecule has 7 nitrogen and oxygen atoms in total. The topological polar surface area (TPSA) is 85.9 Å². The number of amides is 2. The third kappa shape index (κ3) is 5.35. The number of hydrazine groups is 1. The van der Waals surface area contributed by atoms with E-state index in [4.69, 9.17) is 14.2 Å². The fourth-order valence-corrected chi connectivity index (χ4v) is 4.60. The first-order valence-corrected chi connectivity index (χ1v) is 10.0. The molecule has 154 valence electrons. The summed E-state index contributed by atoms with van der Waals surface area (Å²) in [7, 11) is 0. The first kappa shape index (κ1) is 20.4. The molecule has 1 saturated heterocycles. The lowest BCUT2D eigenvalue weighted by molar-refractivity contribution is -0.297. The molecule has 2 unspecified atom stereocenters. The molecule has 0 aromatic rings. The monoisotopic (exact) mass is 382 g/mol. The lowest BCUT2D eigenvalue weighted by atomic mass is 9.93. The van der Waals surface area contributed by atoms with Crippen molar-refractivity contribution >= 4 is 12.0 Å². The Morgan fingerprint density at radius 2 is 1.59 bits per heavy atom. The van der Waals surface area contributed by atoms with E-state index >= 15 is 0 Å². The van der Waals surface area contributed by atoms with E-state index in [-0.39, 0.29) is 11.3 Å². The largest absolute Gasteiger partial charge is 0.443 e. The van der Waals surface area contributed by atoms with Gasteiger partial charge in [0.2, 0.25) is 5.91 Å². The van der Waals surface area contributed by atoms with Gasteiger partial charge < -0.3 is 14.2 Å². The minimum atomic E-state index is -0.643. The Bertz CT molecular complexity index is 557. The zero-order chi connectivity index (χ0) is 19.9. The number of carbonyl (C=O) groups is 2. The summed E-state index contributed by atoms with van der Waals surface area (Å²) < 4.78 is 17.4. The van der Waals surface area contributed by atoms with Crippen molar-refractivity contribution in [2.45, 2.75) is 78.1 Å². The molecule has 1 aliphatic heterocycles. The molecular weight excluding hydrogens is 348 g/mol. The highest BCUT2D eigenvalue weighted by atomic mass is 16.7. The van der Waals surface area contributed by atoms with Gasteiger partial charge in [0, 0.05) is 24.7 Å². The average molecular weight is 383 g/mol. The highest BCUT2D eigenvalue weighted by Crippen LogP contribution is 2.54. The van der Waals surface area contributed by atoms with Gasteiger partial charge in [-0.3, -0.25) is 10.2 Å². The fraction of sp³-hybridized carbons (Fsp3) is 0.900. The second kappa shape index (κ2) is 7.24. The van der Waals surface area contributed by atoms with Crippen LogP contribution in [0.1, 0.15) is 66.7 Å². The van der Waals surface area contributed by atoms with Crippen LogP contribution in [0.5, 0.6) is 0 Å². The van der Waals surface area contributed by atoms with E-state index in [0.29, 0.717) is 24.2 Å². The summed E-state index contributed by atoms with van der Waals surface area (Å²) in [6.07, 6.45) is 3.68. The number of nitrogens with one attached hydrogen (secondary N) is 2. The van der Waals surface area contributed by atoms with Gasteiger partial charge in [-0.1, -0.05) is 13.8 Å². The van der Waals surface area contributed by atoms with Gasteiger partial charge in [-0.2, -0.15) is 0 Å². The maximum atomic E-state index is 12.1. The van der Waals surface area contributed by atoms with Crippen molar-refractivity contribution in [1.82, 2.24) is 10.9 Å². The molecule has 1 heterocycles. The van der Waals surface area contributed by atoms with Crippen molar-refractivity contribution in [3.05, 3.63) is 0 Å². The fourth-order valence-electron chi connectivity index (χ4n) is 4.60. The minimum Gasteiger partial charge on any atom is -0.443 e. The smallest absolute Gasteiger partial charge is 0.426 e. The molecule has 2 aliphatic carbocycles. The SMILES string of the molecule is CC1(C)COC2(CC3CC(CC(=O)NNC(=O)OC(C)(C)C)CC3C2)OC1. The van der Waals surface area contributed by atoms with Crippen LogP contribution < -0.4 is 10.9 Å². The summed E-state index contributed by atoms with van der Waals surface area (Å²) in [5, 5.41) is 0. The minimum absolute atomic E-state index is 0.0880. The summed E-state index contributed by atoms with van der Waals surface area (Å²) in [6, 6.07) is 0. The Balaban J connectivity index is 1.39. The van der Waals surface area contributed by atoms with E-state index in [2.05, 4.69) is 24.7 Å². The first-order chi connectivity index (χ1) is 12.5. The van der Waals surface area contributed by atoms with Crippen molar-refractivity contribution in [2.24, 2.45) is 23.2 Å². The van der Waals surface area contributed by atoms with Crippen LogP contribution in [0.3, 0.4) is 0 Å². The Labute approximate surface area is 161 Å². The van der Waals surface area contributed by atoms with Crippen molar-refractivity contribution in [1.29, 1.82) is 0 Å². The van der Waals surface area contributed by atoms with Crippen LogP contribution in [0, 0.1) is 23.2 Å². The van der Waals surface area contributed by atoms with E-state index in [9.17, 15) is 9.59 Å². The first-order valence-electron chi connectivity index (χ1n) is 10.0. The average Bonchev–Trinajstić information content (AvgIpc) is 3.02. The predicted octanol–water partition coefficient (Wildman–Crippen LogP) is 3.14. The summed E-state index contributed by atoms with van der Waals surface area (Å²) in [6.45, 7) is 11.1. The van der Waals surface area contributed by atoms with Crippen LogP contribution >= 0.6 is 0 Å². The van der Waals surface area contributed by atoms with E-state index in [1.807, 2.05) is 0 Å². The number of ether oxygens (including phenoxy) is 3. The standard InChI is InChI=1S/C20H34N2O5/c1-18(2,3)27-17(24)22-21-16(23)8-13-6-14-9-20(10-15(14)7-13)25-11-19(4,5)12-26-20/h13-15H,6-12H2,1-5H3,(H,21,23)(H,22,24). The second-order valence-corrected chi connectivity index (χ2v) is 10.3. The summed E-state index contributed by atoms with van der Waals surface area (Å²) in [5.41, 5.74) is 4.26. The number of rotatable bonds is 2. The quantitative estimate of drug-likeness (QED) is 0.717. The van der Waals surface area contributed by atoms with Crippen LogP contribution in [0.25, 0.3) is 0 Å². The Morgan fingerprint density at radius 1 is 1.04 bits per heavy atom. The molecule has 0 aromatic heterocycles. The van der Waals surface area contributed by atoms with Gasteiger partial charge in [0.05, 0.1) is 13.2 Å². The summed E-state index contributed by atoms with van der Waals surface area (Å²) in [5.74, 6) is 0.895. The van der Waals surface area contributed by atoms with Crippen LogP contribution in [0.15, 0.2) is 0 Å². The Morgan fingerprint density at radius 3 is 2.11 bits per heavy atom. The molecular formula is C20H34N2O5.